The zero-order chi connectivity index (χ0) is 12.8. The Kier molecular flexibility index (Phi) is 6.54. The number of nitrogens with one attached hydrogen (secondary N) is 1. The Morgan fingerprint density at radius 3 is 2.44 bits per heavy atom. The maximum atomic E-state index is 11.3. The van der Waals surface area contributed by atoms with Crippen molar-refractivity contribution < 1.29 is 18.3 Å². The molecule has 0 fully saturated rings. The van der Waals surface area contributed by atoms with Crippen molar-refractivity contribution in [2.45, 2.75) is 25.9 Å². The molecule has 0 aromatic rings. The Labute approximate surface area is 96.7 Å². The smallest absolute Gasteiger partial charge is 0.220 e. The molecule has 16 heavy (non-hydrogen) atoms. The van der Waals surface area contributed by atoms with E-state index in [1.165, 1.54) is 14.1 Å². The van der Waals surface area contributed by atoms with Gasteiger partial charge in [0.05, 0.1) is 11.9 Å². The lowest BCUT2D eigenvalue weighted by Gasteiger charge is -2.11. The second-order valence-corrected chi connectivity index (χ2v) is 6.14. The second kappa shape index (κ2) is 6.82. The largest absolute Gasteiger partial charge is 0.393 e. The van der Waals surface area contributed by atoms with Gasteiger partial charge in [-0.15, -0.1) is 0 Å². The minimum atomic E-state index is -3.26. The number of aliphatic hydroxyl groups excluding tert-OH is 1. The highest BCUT2D eigenvalue weighted by Gasteiger charge is 2.13. The molecule has 0 spiro atoms. The molecule has 0 aliphatic heterocycles. The van der Waals surface area contributed by atoms with E-state index in [4.69, 9.17) is 5.11 Å². The van der Waals surface area contributed by atoms with Gasteiger partial charge in [0, 0.05) is 27.1 Å². The SMILES string of the molecule is CC(O)CCC(=O)NCCS(=O)(=O)N(C)C. The summed E-state index contributed by atoms with van der Waals surface area (Å²) in [5, 5.41) is 11.4. The summed E-state index contributed by atoms with van der Waals surface area (Å²) in [7, 11) is -0.358. The lowest BCUT2D eigenvalue weighted by Crippen LogP contribution is -2.34. The van der Waals surface area contributed by atoms with Gasteiger partial charge in [-0.2, -0.15) is 0 Å². The predicted octanol–water partition coefficient (Wildman–Crippen LogP) is -0.845. The molecular weight excluding hydrogens is 232 g/mol. The van der Waals surface area contributed by atoms with E-state index < -0.39 is 16.1 Å². The Balaban J connectivity index is 3.79. The fraction of sp³-hybridized carbons (Fsp3) is 0.889. The monoisotopic (exact) mass is 252 g/mol. The number of carbonyl (C=O) groups excluding carboxylic acids is 1. The molecule has 7 heteroatoms. The summed E-state index contributed by atoms with van der Waals surface area (Å²) in [5.41, 5.74) is 0. The fourth-order valence-corrected chi connectivity index (χ4v) is 1.66. The molecule has 0 aliphatic carbocycles. The van der Waals surface area contributed by atoms with E-state index in [0.29, 0.717) is 6.42 Å². The minimum Gasteiger partial charge on any atom is -0.393 e. The van der Waals surface area contributed by atoms with Gasteiger partial charge in [0.2, 0.25) is 15.9 Å². The van der Waals surface area contributed by atoms with Gasteiger partial charge >= 0.3 is 0 Å². The first-order chi connectivity index (χ1) is 7.25. The van der Waals surface area contributed by atoms with Crippen LogP contribution < -0.4 is 5.32 Å². The Morgan fingerprint density at radius 1 is 1.44 bits per heavy atom. The van der Waals surface area contributed by atoms with Crippen molar-refractivity contribution in [1.82, 2.24) is 9.62 Å². The molecule has 0 aromatic carbocycles. The molecule has 0 aliphatic rings. The van der Waals surface area contributed by atoms with Crippen LogP contribution in [0.3, 0.4) is 0 Å². The summed E-state index contributed by atoms with van der Waals surface area (Å²) in [6.07, 6.45) is 0.0719. The highest BCUT2D eigenvalue weighted by molar-refractivity contribution is 7.89. The molecule has 0 saturated heterocycles. The number of amides is 1. The number of carbonyl (C=O) groups is 1. The van der Waals surface area contributed by atoms with Crippen LogP contribution in [0.4, 0.5) is 0 Å². The first-order valence-electron chi connectivity index (χ1n) is 5.10. The van der Waals surface area contributed by atoms with Crippen molar-refractivity contribution in [3.63, 3.8) is 0 Å². The molecule has 2 N–H and O–H groups in total. The average Bonchev–Trinajstić information content (AvgIpc) is 2.14. The second-order valence-electron chi connectivity index (χ2n) is 3.84. The molecule has 0 saturated carbocycles. The number of nitrogens with zero attached hydrogens (tertiary/aromatic N) is 1. The van der Waals surface area contributed by atoms with Gasteiger partial charge in [-0.25, -0.2) is 12.7 Å². The molecule has 1 amide bonds. The first kappa shape index (κ1) is 15.3. The Hall–Kier alpha value is -0.660. The van der Waals surface area contributed by atoms with Gasteiger partial charge in [0.1, 0.15) is 0 Å². The van der Waals surface area contributed by atoms with Gasteiger partial charge in [0.25, 0.3) is 0 Å². The van der Waals surface area contributed by atoms with E-state index in [0.717, 1.165) is 4.31 Å². The molecule has 0 radical (unpaired) electrons. The Morgan fingerprint density at radius 2 is 2.00 bits per heavy atom. The molecule has 1 atom stereocenters. The molecule has 1 unspecified atom stereocenters. The zero-order valence-corrected chi connectivity index (χ0v) is 10.7. The third kappa shape index (κ3) is 6.76. The minimum absolute atomic E-state index is 0.0964. The predicted molar refractivity (Wildman–Crippen MR) is 61.4 cm³/mol. The van der Waals surface area contributed by atoms with Crippen LogP contribution in [-0.4, -0.2) is 56.2 Å². The van der Waals surface area contributed by atoms with Crippen LogP contribution in [0.1, 0.15) is 19.8 Å². The standard InChI is InChI=1S/C9H20N2O4S/c1-8(12)4-5-9(13)10-6-7-16(14,15)11(2)3/h8,12H,4-7H2,1-3H3,(H,10,13). The van der Waals surface area contributed by atoms with Crippen molar-refractivity contribution in [3.05, 3.63) is 0 Å². The maximum Gasteiger partial charge on any atom is 0.220 e. The summed E-state index contributed by atoms with van der Waals surface area (Å²) in [6.45, 7) is 1.70. The number of sulfonamides is 1. The summed E-state index contributed by atoms with van der Waals surface area (Å²) in [6, 6.07) is 0. The lowest BCUT2D eigenvalue weighted by atomic mass is 10.2. The highest BCUT2D eigenvalue weighted by Crippen LogP contribution is 1.96. The fourth-order valence-electron chi connectivity index (χ4n) is 0.930. The molecule has 6 nitrogen and oxygen atoms in total. The number of hydrogen-bond acceptors (Lipinski definition) is 4. The van der Waals surface area contributed by atoms with Crippen molar-refractivity contribution in [2.75, 3.05) is 26.4 Å². The van der Waals surface area contributed by atoms with Crippen molar-refractivity contribution in [2.24, 2.45) is 0 Å². The number of rotatable bonds is 7. The third-order valence-corrected chi connectivity index (χ3v) is 3.86. The molecule has 96 valence electrons. The lowest BCUT2D eigenvalue weighted by molar-refractivity contribution is -0.121. The van der Waals surface area contributed by atoms with Crippen LogP contribution in [0.15, 0.2) is 0 Å². The molecule has 0 bridgehead atoms. The molecule has 0 rings (SSSR count). The van der Waals surface area contributed by atoms with Crippen LogP contribution in [-0.2, 0) is 14.8 Å². The zero-order valence-electron chi connectivity index (χ0n) is 9.93. The van der Waals surface area contributed by atoms with Crippen LogP contribution in [0.5, 0.6) is 0 Å². The van der Waals surface area contributed by atoms with E-state index >= 15 is 0 Å². The summed E-state index contributed by atoms with van der Waals surface area (Å²) >= 11 is 0. The topological polar surface area (TPSA) is 86.7 Å². The summed E-state index contributed by atoms with van der Waals surface area (Å²) in [5.74, 6) is -0.352. The summed E-state index contributed by atoms with van der Waals surface area (Å²) < 4.78 is 23.7. The molecule has 0 heterocycles. The highest BCUT2D eigenvalue weighted by atomic mass is 32.2. The van der Waals surface area contributed by atoms with E-state index in [2.05, 4.69) is 5.32 Å². The first-order valence-corrected chi connectivity index (χ1v) is 6.71. The van der Waals surface area contributed by atoms with Gasteiger partial charge in [-0.1, -0.05) is 0 Å². The molecule has 0 aromatic heterocycles. The normalized spacial score (nSPS) is 13.8. The van der Waals surface area contributed by atoms with E-state index in [9.17, 15) is 13.2 Å². The number of aliphatic hydroxyl groups is 1. The molecular formula is C9H20N2O4S. The van der Waals surface area contributed by atoms with Gasteiger partial charge < -0.3 is 10.4 Å². The van der Waals surface area contributed by atoms with Crippen LogP contribution in [0.2, 0.25) is 0 Å². The van der Waals surface area contributed by atoms with E-state index in [1.807, 2.05) is 0 Å². The quantitative estimate of drug-likeness (QED) is 0.618. The van der Waals surface area contributed by atoms with Crippen LogP contribution >= 0.6 is 0 Å². The third-order valence-electron chi connectivity index (χ3n) is 2.03. The van der Waals surface area contributed by atoms with Gasteiger partial charge in [-0.05, 0) is 13.3 Å². The van der Waals surface area contributed by atoms with Crippen molar-refractivity contribution in [1.29, 1.82) is 0 Å². The van der Waals surface area contributed by atoms with Gasteiger partial charge in [-0.3, -0.25) is 4.79 Å². The van der Waals surface area contributed by atoms with Crippen LogP contribution in [0, 0.1) is 0 Å². The maximum absolute atomic E-state index is 11.3. The number of hydrogen-bond donors (Lipinski definition) is 2. The van der Waals surface area contributed by atoms with E-state index in [1.54, 1.807) is 6.92 Å². The summed E-state index contributed by atoms with van der Waals surface area (Å²) in [4.78, 5) is 11.2. The van der Waals surface area contributed by atoms with E-state index in [-0.39, 0.29) is 24.6 Å². The van der Waals surface area contributed by atoms with Gasteiger partial charge in [0.15, 0.2) is 0 Å². The Bertz CT molecular complexity index is 311. The van der Waals surface area contributed by atoms with Crippen LogP contribution in [0.25, 0.3) is 0 Å². The van der Waals surface area contributed by atoms with Crippen molar-refractivity contribution in [3.8, 4) is 0 Å². The van der Waals surface area contributed by atoms with Crippen molar-refractivity contribution >= 4 is 15.9 Å². The average molecular weight is 252 g/mol.